The molecule has 4 rings (SSSR count). The van der Waals surface area contributed by atoms with E-state index in [1.165, 1.54) is 20.8 Å². The van der Waals surface area contributed by atoms with E-state index in [4.69, 9.17) is 85.3 Å². The van der Waals surface area contributed by atoms with Gasteiger partial charge in [-0.05, 0) is 51.4 Å². The lowest BCUT2D eigenvalue weighted by Crippen LogP contribution is -2.67. The van der Waals surface area contributed by atoms with Crippen LogP contribution in [-0.2, 0) is 143 Å². The molecule has 580 valence electrons. The van der Waals surface area contributed by atoms with E-state index >= 15 is 0 Å². The SMILES string of the molecule is CCCC[C@H](CCC[C@H](OC(C)=O)[C@@H](CCCCCCCCCCCCCC[C@H](OC(C)=O)C(=O)OCC(=O)c1ccccc1)OC(C)=O)O[C@@H]1OC[C@@H](OC(C)=O)[C@H](OC(C)=O)[C@H]1O[C@@H]1OC[C@@H](OC(C)=O)[C@H](OC(C)=O)[C@H]1O[C@@H]1O[C@H](COC(C)=O)[C@@H](OC(C)=O)[C@H](OC(C)=O)[C@H]1OC(C)=O. The predicted molar refractivity (Wildman–Crippen MR) is 355 cm³/mol. The van der Waals surface area contributed by atoms with Crippen LogP contribution in [0.15, 0.2) is 30.3 Å². The fourth-order valence-corrected chi connectivity index (χ4v) is 12.2. The average Bonchev–Trinajstić information content (AvgIpc) is 0.770. The molecule has 0 amide bonds. The largest absolute Gasteiger partial charge is 0.463 e. The van der Waals surface area contributed by atoms with Crippen molar-refractivity contribution in [3.63, 3.8) is 0 Å². The summed E-state index contributed by atoms with van der Waals surface area (Å²) in [6, 6.07) is 8.45. The second-order valence-electron chi connectivity index (χ2n) is 25.6. The molecule has 0 spiro atoms. The van der Waals surface area contributed by atoms with Crippen molar-refractivity contribution < 1.29 is 148 Å². The van der Waals surface area contributed by atoms with Gasteiger partial charge in [0.1, 0.15) is 24.9 Å². The minimum Gasteiger partial charge on any atom is -0.463 e. The van der Waals surface area contributed by atoms with Crippen molar-refractivity contribution in [1.82, 2.24) is 0 Å². The van der Waals surface area contributed by atoms with Gasteiger partial charge < -0.3 is 85.3 Å². The lowest BCUT2D eigenvalue weighted by Gasteiger charge is -2.48. The standard InChI is InChI=1S/C72H106O31/c1-13-14-33-54(34-30-37-57(91-44(4)75)56(90-43(3)74)35-28-23-21-19-17-15-16-18-20-22-24-29-36-58(92-45(5)76)69(85)87-38-55(84)53-31-26-25-27-32-53)100-70-66(63(96-49(9)80)59(40-88-70)93-46(6)77)102-71-67(64(97-50(10)81)60(41-89-71)94-47(7)78)103-72-68(99-52(12)83)65(98-51(11)82)62(95-48(8)79)61(101-72)39-86-42(2)73/h25-27,31-32,54,56-68,70-72H,13-24,28-30,33-41H2,1-12H3/t54-,56-,57+,58+,59-,60-,61-,62-,63+,64+,65+,66-,67-,68-,70+,71+,72+/m1/s1. The smallest absolute Gasteiger partial charge is 0.347 e. The molecule has 3 aliphatic rings. The lowest BCUT2D eigenvalue weighted by molar-refractivity contribution is -0.381. The Bertz CT molecular complexity index is 2880. The van der Waals surface area contributed by atoms with Gasteiger partial charge in [-0.15, -0.1) is 0 Å². The number of hydrogen-bond acceptors (Lipinski definition) is 31. The van der Waals surface area contributed by atoms with Crippen molar-refractivity contribution >= 4 is 77.4 Å². The van der Waals surface area contributed by atoms with Crippen LogP contribution in [-0.4, -0.2) is 208 Å². The van der Waals surface area contributed by atoms with Crippen LogP contribution in [0.5, 0.6) is 0 Å². The summed E-state index contributed by atoms with van der Waals surface area (Å²) in [5.41, 5.74) is 0.412. The van der Waals surface area contributed by atoms with E-state index in [-0.39, 0.29) is 18.6 Å². The fraction of sp³-hybridized carbons (Fsp3) is 0.736. The van der Waals surface area contributed by atoms with Gasteiger partial charge in [0.05, 0.1) is 19.3 Å². The third-order valence-corrected chi connectivity index (χ3v) is 16.5. The van der Waals surface area contributed by atoms with Gasteiger partial charge in [0.25, 0.3) is 0 Å². The van der Waals surface area contributed by atoms with Crippen molar-refractivity contribution in [2.45, 2.75) is 316 Å². The van der Waals surface area contributed by atoms with Gasteiger partial charge in [-0.2, -0.15) is 0 Å². The van der Waals surface area contributed by atoms with Gasteiger partial charge in [0.15, 0.2) is 92.3 Å². The number of ketones is 1. The Kier molecular flexibility index (Phi) is 39.9. The summed E-state index contributed by atoms with van der Waals surface area (Å²) in [7, 11) is 0. The molecule has 0 aliphatic carbocycles. The zero-order valence-corrected chi connectivity index (χ0v) is 61.3. The highest BCUT2D eigenvalue weighted by Gasteiger charge is 2.58. The zero-order chi connectivity index (χ0) is 76.1. The van der Waals surface area contributed by atoms with Crippen LogP contribution in [0.2, 0.25) is 0 Å². The van der Waals surface area contributed by atoms with Crippen LogP contribution in [0.25, 0.3) is 0 Å². The molecule has 3 heterocycles. The molecule has 0 bridgehead atoms. The van der Waals surface area contributed by atoms with Crippen LogP contribution < -0.4 is 0 Å². The van der Waals surface area contributed by atoms with E-state index in [0.717, 1.165) is 120 Å². The Labute approximate surface area is 601 Å². The van der Waals surface area contributed by atoms with Crippen molar-refractivity contribution in [3.05, 3.63) is 35.9 Å². The highest BCUT2D eigenvalue weighted by Crippen LogP contribution is 2.37. The number of unbranched alkanes of at least 4 members (excludes halogenated alkanes) is 12. The van der Waals surface area contributed by atoms with E-state index in [1.54, 1.807) is 30.3 Å². The molecule has 0 aromatic heterocycles. The molecule has 0 saturated carbocycles. The second-order valence-corrected chi connectivity index (χ2v) is 25.6. The van der Waals surface area contributed by atoms with Crippen LogP contribution in [0.3, 0.4) is 0 Å². The van der Waals surface area contributed by atoms with Crippen molar-refractivity contribution in [2.75, 3.05) is 26.4 Å². The van der Waals surface area contributed by atoms with Crippen molar-refractivity contribution in [3.8, 4) is 0 Å². The van der Waals surface area contributed by atoms with Crippen LogP contribution >= 0.6 is 0 Å². The quantitative estimate of drug-likeness (QED) is 0.0261. The summed E-state index contributed by atoms with van der Waals surface area (Å²) in [6.07, 6.45) is -11.1. The fourth-order valence-electron chi connectivity index (χ4n) is 12.2. The third kappa shape index (κ3) is 33.3. The van der Waals surface area contributed by atoms with Gasteiger partial charge in [-0.1, -0.05) is 114 Å². The average molecular weight is 1470 g/mol. The molecule has 17 atom stereocenters. The minimum absolute atomic E-state index is 0.219. The van der Waals surface area contributed by atoms with Crippen LogP contribution in [0, 0.1) is 0 Å². The summed E-state index contributed by atoms with van der Waals surface area (Å²) in [5, 5.41) is 0. The molecule has 1 aromatic carbocycles. The first-order valence-corrected chi connectivity index (χ1v) is 35.4. The summed E-state index contributed by atoms with van der Waals surface area (Å²) < 4.78 is 106. The van der Waals surface area contributed by atoms with Crippen LogP contribution in [0.4, 0.5) is 0 Å². The predicted octanol–water partition coefficient (Wildman–Crippen LogP) is 7.71. The van der Waals surface area contributed by atoms with Crippen LogP contribution in [0.1, 0.15) is 222 Å². The molecule has 3 aliphatic heterocycles. The first kappa shape index (κ1) is 87.7. The number of Topliss-reactive ketones (excluding diaryl/α,β-unsaturated/α-hetero) is 1. The molecule has 103 heavy (non-hydrogen) atoms. The number of benzene rings is 1. The van der Waals surface area contributed by atoms with E-state index < -0.39 is 202 Å². The first-order valence-electron chi connectivity index (χ1n) is 35.4. The summed E-state index contributed by atoms with van der Waals surface area (Å²) >= 11 is 0. The molecule has 31 nitrogen and oxygen atoms in total. The maximum absolute atomic E-state index is 13.1. The van der Waals surface area contributed by atoms with E-state index in [1.807, 2.05) is 6.92 Å². The Morgan fingerprint density at radius 2 is 0.806 bits per heavy atom. The first-order chi connectivity index (χ1) is 49.0. The lowest BCUT2D eigenvalue weighted by atomic mass is 9.97. The maximum atomic E-state index is 13.1. The maximum Gasteiger partial charge on any atom is 0.347 e. The number of hydrogen-bond donors (Lipinski definition) is 0. The minimum atomic E-state index is -1.99. The zero-order valence-electron chi connectivity index (χ0n) is 61.3. The Balaban J connectivity index is 1.50. The number of carbonyl (C=O) groups excluding carboxylic acids is 13. The Morgan fingerprint density at radius 1 is 0.388 bits per heavy atom. The van der Waals surface area contributed by atoms with Gasteiger partial charge in [-0.3, -0.25) is 57.5 Å². The highest BCUT2D eigenvalue weighted by atomic mass is 16.8. The summed E-state index contributed by atoms with van der Waals surface area (Å²) in [5.74, 6) is -10.1. The number of rotatable bonds is 45. The molecule has 0 unspecified atom stereocenters. The molecule has 1 aromatic rings. The summed E-state index contributed by atoms with van der Waals surface area (Å²) in [6.45, 7) is 12.0. The number of carbonyl (C=O) groups is 13. The summed E-state index contributed by atoms with van der Waals surface area (Å²) in [4.78, 5) is 164. The van der Waals surface area contributed by atoms with Gasteiger partial charge in [-0.25, -0.2) is 4.79 Å². The van der Waals surface area contributed by atoms with E-state index in [9.17, 15) is 62.3 Å². The molecule has 0 radical (unpaired) electrons. The topological polar surface area (TPSA) is 388 Å². The molecule has 0 N–H and O–H groups in total. The number of esters is 12. The van der Waals surface area contributed by atoms with Gasteiger partial charge in [0, 0.05) is 81.7 Å². The normalized spacial score (nSPS) is 24.2. The second kappa shape index (κ2) is 46.9. The third-order valence-electron chi connectivity index (χ3n) is 16.5. The van der Waals surface area contributed by atoms with Gasteiger partial charge >= 0.3 is 71.6 Å². The Hall–Kier alpha value is -7.71. The highest BCUT2D eigenvalue weighted by molar-refractivity contribution is 5.98. The van der Waals surface area contributed by atoms with Crippen molar-refractivity contribution in [1.29, 1.82) is 0 Å². The van der Waals surface area contributed by atoms with Crippen molar-refractivity contribution in [2.24, 2.45) is 0 Å². The monoisotopic (exact) mass is 1470 g/mol. The van der Waals surface area contributed by atoms with E-state index in [2.05, 4.69) is 0 Å². The van der Waals surface area contributed by atoms with Gasteiger partial charge in [0.2, 0.25) is 0 Å². The molecule has 3 fully saturated rings. The number of ether oxygens (including phenoxy) is 18. The molecule has 3 saturated heterocycles. The Morgan fingerprint density at radius 3 is 1.28 bits per heavy atom. The van der Waals surface area contributed by atoms with E-state index in [0.29, 0.717) is 56.9 Å². The molecular weight excluding hydrogens is 1360 g/mol. The molecule has 31 heteroatoms. The molecular formula is C72H106O31.